The molecule has 26 heavy (non-hydrogen) atoms. The standard InChI is InChI=1S/C19H25N7/c1-12-10-18(25-26(12)2)23-17-11-16-15(4-3-9-21-16)19(24-17)22-14-7-5-13(20)6-8-14/h3-4,9-11,13-14H,5-8,20H2,1-2H3,(H2,22,23,24,25). The minimum absolute atomic E-state index is 0.333. The van der Waals surface area contributed by atoms with E-state index in [0.717, 1.165) is 59.7 Å². The van der Waals surface area contributed by atoms with Gasteiger partial charge in [0.2, 0.25) is 0 Å². The molecule has 0 aliphatic heterocycles. The third-order valence-corrected chi connectivity index (χ3v) is 5.08. The lowest BCUT2D eigenvalue weighted by atomic mass is 9.92. The van der Waals surface area contributed by atoms with E-state index in [0.29, 0.717) is 12.1 Å². The van der Waals surface area contributed by atoms with Gasteiger partial charge in [-0.2, -0.15) is 5.10 Å². The van der Waals surface area contributed by atoms with E-state index < -0.39 is 0 Å². The SMILES string of the molecule is Cc1cc(Nc2cc3ncccc3c(NC3CCC(N)CC3)n2)nn1C. The second-order valence-corrected chi connectivity index (χ2v) is 7.10. The number of aryl methyl sites for hydroxylation is 2. The Hall–Kier alpha value is -2.67. The molecule has 0 unspecified atom stereocenters. The van der Waals surface area contributed by atoms with Crippen LogP contribution in [0.3, 0.4) is 0 Å². The molecule has 7 heteroatoms. The van der Waals surface area contributed by atoms with Crippen molar-refractivity contribution in [1.82, 2.24) is 19.7 Å². The summed E-state index contributed by atoms with van der Waals surface area (Å²) < 4.78 is 1.84. The second-order valence-electron chi connectivity index (χ2n) is 7.10. The second kappa shape index (κ2) is 6.92. The van der Waals surface area contributed by atoms with Gasteiger partial charge in [0.25, 0.3) is 0 Å². The average molecular weight is 351 g/mol. The van der Waals surface area contributed by atoms with E-state index in [1.54, 1.807) is 6.20 Å². The summed E-state index contributed by atoms with van der Waals surface area (Å²) in [7, 11) is 1.93. The van der Waals surface area contributed by atoms with Crippen LogP contribution in [-0.2, 0) is 7.05 Å². The van der Waals surface area contributed by atoms with Crippen LogP contribution in [0.2, 0.25) is 0 Å². The third kappa shape index (κ3) is 3.48. The number of anilines is 3. The normalized spacial score (nSPS) is 20.3. The minimum atomic E-state index is 0.333. The molecule has 136 valence electrons. The average Bonchev–Trinajstić information content (AvgIpc) is 2.94. The van der Waals surface area contributed by atoms with Gasteiger partial charge in [-0.1, -0.05) is 0 Å². The maximum Gasteiger partial charge on any atom is 0.153 e. The lowest BCUT2D eigenvalue weighted by Gasteiger charge is -2.27. The quantitative estimate of drug-likeness (QED) is 0.669. The van der Waals surface area contributed by atoms with E-state index in [-0.39, 0.29) is 0 Å². The molecular formula is C19H25N7. The third-order valence-electron chi connectivity index (χ3n) is 5.08. The molecular weight excluding hydrogens is 326 g/mol. The van der Waals surface area contributed by atoms with Gasteiger partial charge < -0.3 is 16.4 Å². The zero-order valence-corrected chi connectivity index (χ0v) is 15.2. The topological polar surface area (TPSA) is 93.7 Å². The Balaban J connectivity index is 1.64. The van der Waals surface area contributed by atoms with E-state index in [2.05, 4.69) is 26.8 Å². The fraction of sp³-hybridized carbons (Fsp3) is 0.421. The molecule has 4 rings (SSSR count). The molecule has 0 amide bonds. The number of pyridine rings is 2. The van der Waals surface area contributed by atoms with Gasteiger partial charge in [0.15, 0.2) is 5.82 Å². The van der Waals surface area contributed by atoms with Crippen molar-refractivity contribution in [1.29, 1.82) is 0 Å². The van der Waals surface area contributed by atoms with Crippen LogP contribution in [0.15, 0.2) is 30.5 Å². The van der Waals surface area contributed by atoms with Gasteiger partial charge in [-0.3, -0.25) is 9.67 Å². The van der Waals surface area contributed by atoms with Crippen LogP contribution in [0, 0.1) is 6.92 Å². The number of fused-ring (bicyclic) bond motifs is 1. The maximum atomic E-state index is 6.03. The lowest BCUT2D eigenvalue weighted by molar-refractivity contribution is 0.411. The van der Waals surface area contributed by atoms with Gasteiger partial charge in [0, 0.05) is 48.5 Å². The van der Waals surface area contributed by atoms with Crippen molar-refractivity contribution in [3.05, 3.63) is 36.2 Å². The summed E-state index contributed by atoms with van der Waals surface area (Å²) in [5.41, 5.74) is 8.03. The molecule has 0 bridgehead atoms. The van der Waals surface area contributed by atoms with Crippen LogP contribution < -0.4 is 16.4 Å². The first-order valence-electron chi connectivity index (χ1n) is 9.14. The summed E-state index contributed by atoms with van der Waals surface area (Å²) in [6.07, 6.45) is 6.06. The number of hydrogen-bond donors (Lipinski definition) is 3. The van der Waals surface area contributed by atoms with E-state index in [9.17, 15) is 0 Å². The molecule has 0 saturated heterocycles. The summed E-state index contributed by atoms with van der Waals surface area (Å²) in [5, 5.41) is 12.4. The van der Waals surface area contributed by atoms with Crippen LogP contribution in [0.5, 0.6) is 0 Å². The van der Waals surface area contributed by atoms with Crippen molar-refractivity contribution >= 4 is 28.4 Å². The molecule has 1 aliphatic carbocycles. The smallest absolute Gasteiger partial charge is 0.153 e. The molecule has 1 aliphatic rings. The largest absolute Gasteiger partial charge is 0.367 e. The molecule has 0 aromatic carbocycles. The molecule has 0 atom stereocenters. The van der Waals surface area contributed by atoms with Crippen molar-refractivity contribution in [2.24, 2.45) is 12.8 Å². The Kier molecular flexibility index (Phi) is 4.46. The molecule has 3 aromatic rings. The Labute approximate surface area is 153 Å². The number of rotatable bonds is 4. The predicted molar refractivity (Wildman–Crippen MR) is 105 cm³/mol. The lowest BCUT2D eigenvalue weighted by Crippen LogP contribution is -2.33. The first-order chi connectivity index (χ1) is 12.6. The van der Waals surface area contributed by atoms with E-state index in [1.165, 1.54) is 0 Å². The van der Waals surface area contributed by atoms with Crippen LogP contribution in [0.1, 0.15) is 31.4 Å². The number of nitrogens with zero attached hydrogens (tertiary/aromatic N) is 4. The Morgan fingerprint density at radius 3 is 2.69 bits per heavy atom. The molecule has 0 radical (unpaired) electrons. The number of nitrogens with two attached hydrogens (primary N) is 1. The molecule has 4 N–H and O–H groups in total. The summed E-state index contributed by atoms with van der Waals surface area (Å²) in [6, 6.07) is 8.70. The first-order valence-corrected chi connectivity index (χ1v) is 9.14. The molecule has 3 aromatic heterocycles. The van der Waals surface area contributed by atoms with E-state index >= 15 is 0 Å². The number of aromatic nitrogens is 4. The highest BCUT2D eigenvalue weighted by Gasteiger charge is 2.20. The monoisotopic (exact) mass is 351 g/mol. The van der Waals surface area contributed by atoms with Gasteiger partial charge in [-0.15, -0.1) is 0 Å². The fourth-order valence-corrected chi connectivity index (χ4v) is 3.46. The number of nitrogens with one attached hydrogen (secondary N) is 2. The minimum Gasteiger partial charge on any atom is -0.367 e. The van der Waals surface area contributed by atoms with Crippen molar-refractivity contribution in [3.63, 3.8) is 0 Å². The van der Waals surface area contributed by atoms with E-state index in [1.807, 2.05) is 36.9 Å². The Bertz CT molecular complexity index is 890. The molecule has 1 fully saturated rings. The van der Waals surface area contributed by atoms with Crippen molar-refractivity contribution in [2.45, 2.75) is 44.7 Å². The zero-order valence-electron chi connectivity index (χ0n) is 15.2. The van der Waals surface area contributed by atoms with Crippen LogP contribution in [0.25, 0.3) is 10.9 Å². The highest BCUT2D eigenvalue weighted by atomic mass is 15.3. The van der Waals surface area contributed by atoms with Crippen molar-refractivity contribution in [3.8, 4) is 0 Å². The van der Waals surface area contributed by atoms with E-state index in [4.69, 9.17) is 10.7 Å². The zero-order chi connectivity index (χ0) is 18.1. The fourth-order valence-electron chi connectivity index (χ4n) is 3.46. The molecule has 0 spiro atoms. The highest BCUT2D eigenvalue weighted by molar-refractivity contribution is 5.91. The number of hydrogen-bond acceptors (Lipinski definition) is 6. The Morgan fingerprint density at radius 2 is 1.96 bits per heavy atom. The highest BCUT2D eigenvalue weighted by Crippen LogP contribution is 2.28. The van der Waals surface area contributed by atoms with Crippen molar-refractivity contribution in [2.75, 3.05) is 10.6 Å². The molecule has 3 heterocycles. The van der Waals surface area contributed by atoms with Gasteiger partial charge in [-0.25, -0.2) is 4.98 Å². The summed E-state index contributed by atoms with van der Waals surface area (Å²) in [6.45, 7) is 2.02. The van der Waals surface area contributed by atoms with Crippen LogP contribution in [-0.4, -0.2) is 31.8 Å². The first kappa shape index (κ1) is 16.8. The predicted octanol–water partition coefficient (Wildman–Crippen LogP) is 3.10. The van der Waals surface area contributed by atoms with Crippen LogP contribution >= 0.6 is 0 Å². The van der Waals surface area contributed by atoms with Gasteiger partial charge in [-0.05, 0) is 44.7 Å². The maximum absolute atomic E-state index is 6.03. The van der Waals surface area contributed by atoms with Gasteiger partial charge >= 0.3 is 0 Å². The summed E-state index contributed by atoms with van der Waals surface area (Å²) in [5.74, 6) is 2.39. The van der Waals surface area contributed by atoms with Gasteiger partial charge in [0.05, 0.1) is 5.52 Å². The Morgan fingerprint density at radius 1 is 1.15 bits per heavy atom. The summed E-state index contributed by atoms with van der Waals surface area (Å²) >= 11 is 0. The molecule has 7 nitrogen and oxygen atoms in total. The molecule has 1 saturated carbocycles. The van der Waals surface area contributed by atoms with Gasteiger partial charge in [0.1, 0.15) is 11.6 Å². The summed E-state index contributed by atoms with van der Waals surface area (Å²) in [4.78, 5) is 9.31. The van der Waals surface area contributed by atoms with Crippen molar-refractivity contribution < 1.29 is 0 Å². The van der Waals surface area contributed by atoms with Crippen LogP contribution in [0.4, 0.5) is 17.5 Å².